The van der Waals surface area contributed by atoms with Crippen molar-refractivity contribution in [2.24, 2.45) is 10.7 Å². The van der Waals surface area contributed by atoms with Crippen LogP contribution >= 0.6 is 24.0 Å². The summed E-state index contributed by atoms with van der Waals surface area (Å²) in [5, 5.41) is 3.22. The van der Waals surface area contributed by atoms with E-state index in [1.165, 1.54) is 45.3 Å². The summed E-state index contributed by atoms with van der Waals surface area (Å²) >= 11 is 0. The monoisotopic (exact) mass is 411 g/mol. The summed E-state index contributed by atoms with van der Waals surface area (Å²) < 4.78 is 0. The van der Waals surface area contributed by atoms with Gasteiger partial charge in [0, 0.05) is 32.7 Å². The van der Waals surface area contributed by atoms with Gasteiger partial charge in [0.1, 0.15) is 0 Å². The van der Waals surface area contributed by atoms with Gasteiger partial charge in [0.25, 0.3) is 0 Å². The lowest BCUT2D eigenvalue weighted by atomic mass is 10.2. The van der Waals surface area contributed by atoms with Crippen molar-refractivity contribution in [3.8, 4) is 0 Å². The minimum atomic E-state index is 0. The standard InChI is InChI=1S/C15H33N5.HI/c1-3-4-5-6-8-17-15(16)18-9-12-20-11-7-10-19(2)13-14-20;/h3-14H2,1-2H3,(H3,16,17,18);1H. The van der Waals surface area contributed by atoms with E-state index < -0.39 is 0 Å². The first kappa shape index (κ1) is 20.9. The third-order valence-corrected chi connectivity index (χ3v) is 3.84. The van der Waals surface area contributed by atoms with Crippen molar-refractivity contribution in [3.05, 3.63) is 0 Å². The Bertz CT molecular complexity index is 273. The summed E-state index contributed by atoms with van der Waals surface area (Å²) in [4.78, 5) is 9.27. The van der Waals surface area contributed by atoms with E-state index in [1.54, 1.807) is 0 Å². The molecule has 3 N–H and O–H groups in total. The van der Waals surface area contributed by atoms with Crippen LogP contribution in [0.5, 0.6) is 0 Å². The first-order valence-corrected chi connectivity index (χ1v) is 8.17. The number of nitrogens with zero attached hydrogens (tertiary/aromatic N) is 3. The first-order valence-electron chi connectivity index (χ1n) is 8.17. The molecule has 0 unspecified atom stereocenters. The van der Waals surface area contributed by atoms with E-state index in [1.807, 2.05) is 0 Å². The second kappa shape index (κ2) is 13.6. The van der Waals surface area contributed by atoms with E-state index >= 15 is 0 Å². The Labute approximate surface area is 147 Å². The van der Waals surface area contributed by atoms with E-state index in [-0.39, 0.29) is 24.0 Å². The summed E-state index contributed by atoms with van der Waals surface area (Å²) in [5.74, 6) is 0.605. The molecule has 0 atom stereocenters. The minimum Gasteiger partial charge on any atom is -0.370 e. The zero-order chi connectivity index (χ0) is 14.6. The average Bonchev–Trinajstić information content (AvgIpc) is 2.64. The topological polar surface area (TPSA) is 56.9 Å². The van der Waals surface area contributed by atoms with Crippen LogP contribution in [0, 0.1) is 0 Å². The molecule has 0 aromatic heterocycles. The predicted molar refractivity (Wildman–Crippen MR) is 103 cm³/mol. The minimum absolute atomic E-state index is 0. The fraction of sp³-hybridized carbons (Fsp3) is 0.933. The smallest absolute Gasteiger partial charge is 0.188 e. The molecule has 0 spiro atoms. The van der Waals surface area contributed by atoms with Gasteiger partial charge in [0.15, 0.2) is 5.96 Å². The number of guanidine groups is 1. The van der Waals surface area contributed by atoms with E-state index in [0.717, 1.165) is 32.6 Å². The van der Waals surface area contributed by atoms with E-state index in [0.29, 0.717) is 5.96 Å². The molecule has 1 saturated heterocycles. The number of nitrogens with one attached hydrogen (secondary N) is 1. The molecule has 0 amide bonds. The lowest BCUT2D eigenvalue weighted by molar-refractivity contribution is 0.280. The summed E-state index contributed by atoms with van der Waals surface area (Å²) in [6, 6.07) is 0. The number of likely N-dealkylation sites (N-methyl/N-ethyl adjacent to an activating group) is 1. The van der Waals surface area contributed by atoms with Crippen molar-refractivity contribution in [2.45, 2.75) is 39.0 Å². The Morgan fingerprint density at radius 1 is 1.14 bits per heavy atom. The Morgan fingerprint density at radius 2 is 1.95 bits per heavy atom. The third kappa shape index (κ3) is 11.2. The van der Waals surface area contributed by atoms with Crippen molar-refractivity contribution in [2.75, 3.05) is 52.9 Å². The SMILES string of the molecule is CCCCCCN=C(N)NCCN1CCCN(C)CC1.I. The molecule has 1 rings (SSSR count). The van der Waals surface area contributed by atoms with Gasteiger partial charge in [-0.2, -0.15) is 0 Å². The van der Waals surface area contributed by atoms with E-state index in [4.69, 9.17) is 5.73 Å². The maximum atomic E-state index is 5.87. The van der Waals surface area contributed by atoms with Gasteiger partial charge < -0.3 is 20.9 Å². The quantitative estimate of drug-likeness (QED) is 0.277. The van der Waals surface area contributed by atoms with Gasteiger partial charge in [-0.3, -0.25) is 4.99 Å². The molecule has 0 bridgehead atoms. The summed E-state index contributed by atoms with van der Waals surface area (Å²) in [6.07, 6.45) is 6.23. The highest BCUT2D eigenvalue weighted by atomic mass is 127. The van der Waals surface area contributed by atoms with Crippen LogP contribution in [0.1, 0.15) is 39.0 Å². The van der Waals surface area contributed by atoms with Crippen LogP contribution in [0.15, 0.2) is 4.99 Å². The van der Waals surface area contributed by atoms with Gasteiger partial charge in [0.2, 0.25) is 0 Å². The van der Waals surface area contributed by atoms with Crippen molar-refractivity contribution in [1.29, 1.82) is 0 Å². The van der Waals surface area contributed by atoms with Crippen LogP contribution in [0.25, 0.3) is 0 Å². The van der Waals surface area contributed by atoms with E-state index in [9.17, 15) is 0 Å². The molecule has 0 aromatic rings. The highest BCUT2D eigenvalue weighted by Crippen LogP contribution is 2.00. The Kier molecular flexibility index (Phi) is 13.5. The highest BCUT2D eigenvalue weighted by molar-refractivity contribution is 14.0. The number of unbranched alkanes of at least 4 members (excludes halogenated alkanes) is 3. The Morgan fingerprint density at radius 3 is 2.71 bits per heavy atom. The Balaban J connectivity index is 0.00000400. The molecule has 0 aliphatic carbocycles. The normalized spacial score (nSPS) is 18.1. The van der Waals surface area contributed by atoms with Gasteiger partial charge in [-0.1, -0.05) is 26.2 Å². The molecule has 1 heterocycles. The third-order valence-electron chi connectivity index (χ3n) is 3.84. The molecule has 0 aromatic carbocycles. The molecule has 1 aliphatic heterocycles. The molecule has 1 fully saturated rings. The van der Waals surface area contributed by atoms with Crippen molar-refractivity contribution < 1.29 is 0 Å². The van der Waals surface area contributed by atoms with Crippen LogP contribution in [0.3, 0.4) is 0 Å². The molecule has 0 radical (unpaired) electrons. The maximum absolute atomic E-state index is 5.87. The van der Waals surface area contributed by atoms with E-state index in [2.05, 4.69) is 34.1 Å². The molecule has 6 heteroatoms. The van der Waals surface area contributed by atoms with Gasteiger partial charge in [-0.15, -0.1) is 24.0 Å². The van der Waals surface area contributed by atoms with Crippen molar-refractivity contribution in [3.63, 3.8) is 0 Å². The lowest BCUT2D eigenvalue weighted by Gasteiger charge is -2.20. The molecular formula is C15H34IN5. The number of halogens is 1. The summed E-state index contributed by atoms with van der Waals surface area (Å²) in [5.41, 5.74) is 5.87. The van der Waals surface area contributed by atoms with Crippen molar-refractivity contribution in [1.82, 2.24) is 15.1 Å². The number of hydrogen-bond acceptors (Lipinski definition) is 3. The molecular weight excluding hydrogens is 377 g/mol. The van der Waals surface area contributed by atoms with Crippen molar-refractivity contribution >= 4 is 29.9 Å². The largest absolute Gasteiger partial charge is 0.370 e. The fourth-order valence-corrected chi connectivity index (χ4v) is 2.46. The van der Waals surface area contributed by atoms with Gasteiger partial charge in [0.05, 0.1) is 0 Å². The average molecular weight is 411 g/mol. The van der Waals surface area contributed by atoms with Crippen LogP contribution < -0.4 is 11.1 Å². The highest BCUT2D eigenvalue weighted by Gasteiger charge is 2.11. The zero-order valence-electron chi connectivity index (χ0n) is 13.8. The molecule has 126 valence electrons. The fourth-order valence-electron chi connectivity index (χ4n) is 2.46. The first-order chi connectivity index (χ1) is 9.72. The summed E-state index contributed by atoms with van der Waals surface area (Å²) in [7, 11) is 2.20. The van der Waals surface area contributed by atoms with Gasteiger partial charge >= 0.3 is 0 Å². The zero-order valence-corrected chi connectivity index (χ0v) is 16.1. The lowest BCUT2D eigenvalue weighted by Crippen LogP contribution is -2.39. The van der Waals surface area contributed by atoms with Crippen LogP contribution in [0.2, 0.25) is 0 Å². The molecule has 21 heavy (non-hydrogen) atoms. The van der Waals surface area contributed by atoms with Crippen LogP contribution in [-0.2, 0) is 0 Å². The number of rotatable bonds is 8. The number of hydrogen-bond donors (Lipinski definition) is 2. The maximum Gasteiger partial charge on any atom is 0.188 e. The number of aliphatic imine (C=N–C) groups is 1. The van der Waals surface area contributed by atoms with Crippen LogP contribution in [-0.4, -0.2) is 68.6 Å². The molecule has 0 saturated carbocycles. The molecule has 1 aliphatic rings. The number of nitrogens with two attached hydrogens (primary N) is 1. The summed E-state index contributed by atoms with van der Waals surface area (Å²) in [6.45, 7) is 9.76. The Hall–Kier alpha value is -0.0800. The molecule has 5 nitrogen and oxygen atoms in total. The predicted octanol–water partition coefficient (Wildman–Crippen LogP) is 1.73. The van der Waals surface area contributed by atoms with Gasteiger partial charge in [-0.05, 0) is 33.0 Å². The second-order valence-corrected chi connectivity index (χ2v) is 5.75. The van der Waals surface area contributed by atoms with Crippen LogP contribution in [0.4, 0.5) is 0 Å². The second-order valence-electron chi connectivity index (χ2n) is 5.75. The van der Waals surface area contributed by atoms with Gasteiger partial charge in [-0.25, -0.2) is 0 Å².